The molecule has 0 aliphatic carbocycles. The van der Waals surface area contributed by atoms with Crippen LogP contribution >= 0.6 is 7.92 Å². The zero-order valence-corrected chi connectivity index (χ0v) is 14.1. The van der Waals surface area contributed by atoms with Gasteiger partial charge in [0.1, 0.15) is 19.8 Å². The average Bonchev–Trinajstić information content (AvgIpc) is 2.34. The first-order valence-electron chi connectivity index (χ1n) is 5.94. The Balaban J connectivity index is 5.67. The zero-order chi connectivity index (χ0) is 19.4. The maximum absolute atomic E-state index is 12.3. The maximum Gasteiger partial charge on any atom is 0.411 e. The topological polar surface area (TPSA) is 51.5 Å². The molecule has 0 amide bonds. The van der Waals surface area contributed by atoms with E-state index in [4.69, 9.17) is 5.16 Å². The van der Waals surface area contributed by atoms with Crippen LogP contribution in [0, 0.1) is 5.16 Å². The number of hydrogen-bond acceptors (Lipinski definition) is 4. The Morgan fingerprint density at radius 1 is 0.708 bits per heavy atom. The normalized spacial score (nSPS) is 15.1. The van der Waals surface area contributed by atoms with Gasteiger partial charge in [0.2, 0.25) is 7.74 Å². The maximum atomic E-state index is 12.3. The Labute approximate surface area is 132 Å². The highest BCUT2D eigenvalue weighted by atomic mass is 31.3. The predicted molar refractivity (Wildman–Crippen MR) is 65.9 cm³/mol. The minimum Gasteiger partial charge on any atom is -0.321 e. The molecule has 15 heteroatoms. The lowest BCUT2D eigenvalue weighted by atomic mass is 10.7. The van der Waals surface area contributed by atoms with Gasteiger partial charge in [0.15, 0.2) is 0 Å². The molecule has 0 bridgehead atoms. The first-order valence-corrected chi connectivity index (χ1v) is 10.7. The van der Waals surface area contributed by atoms with Gasteiger partial charge < -0.3 is 14.2 Å². The van der Waals surface area contributed by atoms with Crippen molar-refractivity contribution in [1.29, 1.82) is 5.16 Å². The summed E-state index contributed by atoms with van der Waals surface area (Å²) in [6.07, 6.45) is -15.2. The van der Waals surface area contributed by atoms with E-state index >= 15 is 0 Å². The third kappa shape index (κ3) is 8.60. The predicted octanol–water partition coefficient (Wildman–Crippen LogP) is 4.83. The van der Waals surface area contributed by atoms with Crippen molar-refractivity contribution in [2.75, 3.05) is 19.8 Å². The summed E-state index contributed by atoms with van der Waals surface area (Å²) in [5.41, 5.74) is -3.25. The van der Waals surface area contributed by atoms with Crippen LogP contribution < -0.4 is 0 Å². The molecule has 0 saturated carbocycles. The minimum absolute atomic E-state index is 0.537. The Bertz CT molecular complexity index is 378. The lowest BCUT2D eigenvalue weighted by Crippen LogP contribution is -2.59. The number of rotatable bonds is 8. The Kier molecular flexibility index (Phi) is 7.71. The fraction of sp³-hybridized carbons (Fsp3) is 1.00. The molecule has 0 spiro atoms. The van der Waals surface area contributed by atoms with Crippen molar-refractivity contribution < 1.29 is 53.7 Å². The molecule has 144 valence electrons. The van der Waals surface area contributed by atoms with Gasteiger partial charge in [-0.3, -0.25) is 5.16 Å². The molecule has 0 fully saturated rings. The molecule has 0 heterocycles. The molecule has 4 nitrogen and oxygen atoms in total. The summed E-state index contributed by atoms with van der Waals surface area (Å²) in [6.45, 7) is -4.59. The van der Waals surface area contributed by atoms with E-state index in [0.717, 1.165) is 13.1 Å². The molecule has 0 radical (unpaired) electrons. The third-order valence-corrected chi connectivity index (χ3v) is 7.30. The van der Waals surface area contributed by atoms with Crippen LogP contribution in [-0.2, 0) is 14.2 Å². The van der Waals surface area contributed by atoms with Crippen molar-refractivity contribution in [3.05, 3.63) is 0 Å². The van der Waals surface area contributed by atoms with E-state index in [2.05, 4.69) is 14.2 Å². The van der Waals surface area contributed by atoms with Crippen molar-refractivity contribution in [2.24, 2.45) is 0 Å². The van der Waals surface area contributed by atoms with Gasteiger partial charge in [-0.2, -0.15) is 39.5 Å². The van der Waals surface area contributed by atoms with E-state index in [0.29, 0.717) is 0 Å². The van der Waals surface area contributed by atoms with Gasteiger partial charge in [-0.05, 0) is 7.92 Å². The van der Waals surface area contributed by atoms with Gasteiger partial charge >= 0.3 is 18.5 Å². The minimum atomic E-state index is -5.06. The molecule has 0 aromatic rings. The van der Waals surface area contributed by atoms with E-state index in [1.54, 1.807) is 0 Å². The highest BCUT2D eigenvalue weighted by Gasteiger charge is 2.56. The first-order chi connectivity index (χ1) is 10.4. The van der Waals surface area contributed by atoms with Gasteiger partial charge in [-0.1, -0.05) is 13.1 Å². The molecule has 0 aliphatic rings. The standard InChI is InChI=1S/C9H13F9NO3PSi/c1-24(2,23-19)9(20-3-6(10,11)12,21-4-7(13,14)15)22-5-8(16,17)18/h19H,3-5H2,1-2H3. The molecular weight excluding hydrogens is 400 g/mol. The molecule has 0 atom stereocenters. The summed E-state index contributed by atoms with van der Waals surface area (Å²) in [7, 11) is -4.32. The summed E-state index contributed by atoms with van der Waals surface area (Å²) in [5, 5.41) is 7.21. The van der Waals surface area contributed by atoms with Crippen molar-refractivity contribution in [3.63, 3.8) is 0 Å². The van der Waals surface area contributed by atoms with Crippen molar-refractivity contribution in [3.8, 4) is 0 Å². The Morgan fingerprint density at radius 2 is 0.958 bits per heavy atom. The number of hydrogen-bond donors (Lipinski definition) is 1. The average molecular weight is 413 g/mol. The van der Waals surface area contributed by atoms with Crippen LogP contribution in [0.15, 0.2) is 0 Å². The summed E-state index contributed by atoms with van der Waals surface area (Å²) >= 11 is 0. The Morgan fingerprint density at radius 3 is 1.12 bits per heavy atom. The first kappa shape index (κ1) is 23.6. The van der Waals surface area contributed by atoms with E-state index in [9.17, 15) is 39.5 Å². The van der Waals surface area contributed by atoms with E-state index < -0.39 is 59.6 Å². The lowest BCUT2D eigenvalue weighted by molar-refractivity contribution is -0.385. The second-order valence-electron chi connectivity index (χ2n) is 4.94. The fourth-order valence-electron chi connectivity index (χ4n) is 1.25. The van der Waals surface area contributed by atoms with Crippen molar-refractivity contribution in [1.82, 2.24) is 0 Å². The van der Waals surface area contributed by atoms with Crippen LogP contribution in [0.2, 0.25) is 13.1 Å². The molecular formula is C9H13F9NO3PSi. The lowest BCUT2D eigenvalue weighted by Gasteiger charge is -2.41. The number of alkyl halides is 9. The molecule has 1 N–H and O–H groups in total. The zero-order valence-electron chi connectivity index (χ0n) is 12.2. The summed E-state index contributed by atoms with van der Waals surface area (Å²) in [6, 6.07) is 0. The smallest absolute Gasteiger partial charge is 0.321 e. The number of halogens is 9. The monoisotopic (exact) mass is 413 g/mol. The van der Waals surface area contributed by atoms with E-state index in [1.165, 1.54) is 0 Å². The molecule has 0 unspecified atom stereocenters. The highest BCUT2D eigenvalue weighted by molar-refractivity contribution is 7.74. The molecule has 0 aromatic heterocycles. The summed E-state index contributed by atoms with van der Waals surface area (Å²) in [5.74, 6) is 0. The van der Waals surface area contributed by atoms with E-state index in [1.807, 2.05) is 0 Å². The van der Waals surface area contributed by atoms with Crippen LogP contribution in [0.4, 0.5) is 39.5 Å². The second kappa shape index (κ2) is 7.85. The Hall–Kier alpha value is -0.433. The SMILES string of the molecule is C[Si](C)(P=N)C(OCC(F)(F)F)(OCC(F)(F)F)OCC(F)(F)F. The van der Waals surface area contributed by atoms with Gasteiger partial charge in [0.05, 0.1) is 0 Å². The van der Waals surface area contributed by atoms with Crippen LogP contribution in [-0.4, -0.2) is 51.7 Å². The van der Waals surface area contributed by atoms with Crippen molar-refractivity contribution >= 4 is 15.7 Å². The largest absolute Gasteiger partial charge is 0.411 e. The number of nitrogens with one attached hydrogen (secondary N) is 1. The molecule has 0 aromatic carbocycles. The van der Waals surface area contributed by atoms with Gasteiger partial charge in [-0.15, -0.1) is 0 Å². The summed E-state index contributed by atoms with van der Waals surface area (Å²) < 4.78 is 123. The quantitative estimate of drug-likeness (QED) is 0.269. The van der Waals surface area contributed by atoms with Crippen LogP contribution in [0.1, 0.15) is 0 Å². The fourth-order valence-corrected chi connectivity index (χ4v) is 3.66. The van der Waals surface area contributed by atoms with Crippen LogP contribution in [0.3, 0.4) is 0 Å². The van der Waals surface area contributed by atoms with E-state index in [-0.39, 0.29) is 0 Å². The summed E-state index contributed by atoms with van der Waals surface area (Å²) in [4.78, 5) is 0. The van der Waals surface area contributed by atoms with Crippen molar-refractivity contribution in [2.45, 2.75) is 37.2 Å². The third-order valence-electron chi connectivity index (χ3n) is 2.31. The molecule has 0 rings (SSSR count). The number of ether oxygens (including phenoxy) is 3. The van der Waals surface area contributed by atoms with Gasteiger partial charge in [0, 0.05) is 0 Å². The highest BCUT2D eigenvalue weighted by Crippen LogP contribution is 2.39. The molecule has 0 saturated heterocycles. The van der Waals surface area contributed by atoms with Gasteiger partial charge in [0.25, 0.3) is 5.60 Å². The molecule has 0 aliphatic heterocycles. The molecule has 24 heavy (non-hydrogen) atoms. The van der Waals surface area contributed by atoms with Crippen LogP contribution in [0.25, 0.3) is 0 Å². The van der Waals surface area contributed by atoms with Crippen LogP contribution in [0.5, 0.6) is 0 Å². The van der Waals surface area contributed by atoms with Gasteiger partial charge in [-0.25, -0.2) is 0 Å². The second-order valence-corrected chi connectivity index (χ2v) is 12.9.